The highest BCUT2D eigenvalue weighted by atomic mass is 16.3. The Morgan fingerprint density at radius 2 is 2.12 bits per heavy atom. The molecule has 4 nitrogen and oxygen atoms in total. The van der Waals surface area contributed by atoms with Crippen molar-refractivity contribution in [1.29, 1.82) is 0 Å². The van der Waals surface area contributed by atoms with E-state index in [0.29, 0.717) is 18.0 Å². The van der Waals surface area contributed by atoms with Gasteiger partial charge in [0.15, 0.2) is 0 Å². The van der Waals surface area contributed by atoms with Crippen molar-refractivity contribution in [1.82, 2.24) is 0 Å². The van der Waals surface area contributed by atoms with Crippen LogP contribution in [0.25, 0.3) is 0 Å². The molecule has 1 aromatic carbocycles. The number of hydrogen-bond donors (Lipinski definition) is 2. The van der Waals surface area contributed by atoms with E-state index in [-0.39, 0.29) is 11.7 Å². The van der Waals surface area contributed by atoms with Gasteiger partial charge >= 0.3 is 0 Å². The van der Waals surface area contributed by atoms with Crippen molar-refractivity contribution in [2.45, 2.75) is 26.3 Å². The Balaban J connectivity index is 2.76. The zero-order valence-corrected chi connectivity index (χ0v) is 10.6. The summed E-state index contributed by atoms with van der Waals surface area (Å²) in [5.41, 5.74) is 6.49. The van der Waals surface area contributed by atoms with Crippen LogP contribution >= 0.6 is 0 Å². The third-order valence-electron chi connectivity index (χ3n) is 2.59. The Bertz CT molecular complexity index is 391. The normalized spacial score (nSPS) is 12.5. The second-order valence-corrected chi connectivity index (χ2v) is 4.65. The van der Waals surface area contributed by atoms with Crippen LogP contribution in [0.5, 0.6) is 5.75 Å². The van der Waals surface area contributed by atoms with Gasteiger partial charge in [-0.15, -0.1) is 0 Å². The number of hydrogen-bond acceptors (Lipinski definition) is 3. The monoisotopic (exact) mass is 236 g/mol. The van der Waals surface area contributed by atoms with Gasteiger partial charge in [0.05, 0.1) is 6.04 Å². The summed E-state index contributed by atoms with van der Waals surface area (Å²) in [6.45, 7) is 4.06. The average Bonchev–Trinajstić information content (AvgIpc) is 2.26. The second kappa shape index (κ2) is 5.68. The molecule has 0 radical (unpaired) electrons. The summed E-state index contributed by atoms with van der Waals surface area (Å²) in [5, 5.41) is 9.36. The summed E-state index contributed by atoms with van der Waals surface area (Å²) in [4.78, 5) is 13.5. The number of rotatable bonds is 4. The van der Waals surface area contributed by atoms with Gasteiger partial charge in [0.1, 0.15) is 5.75 Å². The molecular weight excluding hydrogens is 216 g/mol. The predicted molar refractivity (Wildman–Crippen MR) is 68.9 cm³/mol. The number of likely N-dealkylation sites (N-methyl/N-ethyl adjacent to an activating group) is 1. The number of anilines is 1. The van der Waals surface area contributed by atoms with Crippen molar-refractivity contribution >= 4 is 11.6 Å². The van der Waals surface area contributed by atoms with E-state index < -0.39 is 6.04 Å². The van der Waals surface area contributed by atoms with E-state index in [2.05, 4.69) is 0 Å². The smallest absolute Gasteiger partial charge is 0.243 e. The highest BCUT2D eigenvalue weighted by Gasteiger charge is 2.20. The number of carbonyl (C=O) groups is 1. The topological polar surface area (TPSA) is 66.6 Å². The van der Waals surface area contributed by atoms with Crippen LogP contribution in [0.1, 0.15) is 20.3 Å². The van der Waals surface area contributed by atoms with E-state index in [0.717, 1.165) is 0 Å². The van der Waals surface area contributed by atoms with Gasteiger partial charge in [-0.1, -0.05) is 19.9 Å². The van der Waals surface area contributed by atoms with Crippen LogP contribution in [-0.4, -0.2) is 24.1 Å². The van der Waals surface area contributed by atoms with E-state index in [1.165, 1.54) is 4.90 Å². The lowest BCUT2D eigenvalue weighted by molar-refractivity contribution is -0.119. The summed E-state index contributed by atoms with van der Waals surface area (Å²) < 4.78 is 0. The molecule has 94 valence electrons. The molecule has 0 aromatic heterocycles. The summed E-state index contributed by atoms with van der Waals surface area (Å²) in [5.74, 6) is 0.385. The molecule has 0 spiro atoms. The van der Waals surface area contributed by atoms with Crippen molar-refractivity contribution in [2.75, 3.05) is 11.9 Å². The molecule has 0 saturated carbocycles. The van der Waals surface area contributed by atoms with Gasteiger partial charge in [-0.05, 0) is 24.5 Å². The fourth-order valence-corrected chi connectivity index (χ4v) is 1.69. The number of nitrogens with two attached hydrogens (primary N) is 1. The number of benzene rings is 1. The van der Waals surface area contributed by atoms with Crippen LogP contribution in [0.3, 0.4) is 0 Å². The summed E-state index contributed by atoms with van der Waals surface area (Å²) >= 11 is 0. The zero-order valence-electron chi connectivity index (χ0n) is 10.6. The SMILES string of the molecule is CC(C)C[C@@H](N)C(=O)N(C)c1cccc(O)c1. The van der Waals surface area contributed by atoms with Gasteiger partial charge in [0.25, 0.3) is 0 Å². The van der Waals surface area contributed by atoms with Gasteiger partial charge in [-0.3, -0.25) is 4.79 Å². The molecule has 1 atom stereocenters. The van der Waals surface area contributed by atoms with Gasteiger partial charge in [0.2, 0.25) is 5.91 Å². The van der Waals surface area contributed by atoms with Gasteiger partial charge < -0.3 is 15.7 Å². The quantitative estimate of drug-likeness (QED) is 0.836. The van der Waals surface area contributed by atoms with Crippen LogP contribution in [-0.2, 0) is 4.79 Å². The van der Waals surface area contributed by atoms with Crippen molar-refractivity contribution in [3.8, 4) is 5.75 Å². The second-order valence-electron chi connectivity index (χ2n) is 4.65. The molecule has 1 rings (SSSR count). The van der Waals surface area contributed by atoms with E-state index >= 15 is 0 Å². The third kappa shape index (κ3) is 3.75. The van der Waals surface area contributed by atoms with Crippen molar-refractivity contribution < 1.29 is 9.90 Å². The molecule has 3 N–H and O–H groups in total. The van der Waals surface area contributed by atoms with E-state index in [1.54, 1.807) is 31.3 Å². The Morgan fingerprint density at radius 1 is 1.47 bits per heavy atom. The van der Waals surface area contributed by atoms with Crippen LogP contribution in [0.4, 0.5) is 5.69 Å². The molecule has 0 aliphatic heterocycles. The van der Waals surface area contributed by atoms with Crippen LogP contribution < -0.4 is 10.6 Å². The first-order chi connectivity index (χ1) is 7.91. The van der Waals surface area contributed by atoms with Crippen molar-refractivity contribution in [2.24, 2.45) is 11.7 Å². The maximum absolute atomic E-state index is 12.0. The Labute approximate surface area is 102 Å². The first kappa shape index (κ1) is 13.5. The molecule has 4 heteroatoms. The predicted octanol–water partition coefficient (Wildman–Crippen LogP) is 1.73. The van der Waals surface area contributed by atoms with Crippen LogP contribution in [0.15, 0.2) is 24.3 Å². The third-order valence-corrected chi connectivity index (χ3v) is 2.59. The largest absolute Gasteiger partial charge is 0.508 e. The summed E-state index contributed by atoms with van der Waals surface area (Å²) in [7, 11) is 1.66. The van der Waals surface area contributed by atoms with Crippen molar-refractivity contribution in [3.05, 3.63) is 24.3 Å². The number of phenols is 1. The fraction of sp³-hybridized carbons (Fsp3) is 0.462. The van der Waals surface area contributed by atoms with Crippen LogP contribution in [0, 0.1) is 5.92 Å². The summed E-state index contributed by atoms with van der Waals surface area (Å²) in [6, 6.07) is 6.07. The average molecular weight is 236 g/mol. The Morgan fingerprint density at radius 3 is 2.65 bits per heavy atom. The molecule has 17 heavy (non-hydrogen) atoms. The molecule has 1 aromatic rings. The minimum Gasteiger partial charge on any atom is -0.508 e. The lowest BCUT2D eigenvalue weighted by Crippen LogP contribution is -2.42. The molecule has 0 bridgehead atoms. The molecule has 0 aliphatic rings. The Kier molecular flexibility index (Phi) is 4.52. The highest BCUT2D eigenvalue weighted by Crippen LogP contribution is 2.20. The number of aromatic hydroxyl groups is 1. The number of phenolic OH excluding ortho intramolecular Hbond substituents is 1. The molecular formula is C13H20N2O2. The van der Waals surface area contributed by atoms with Crippen molar-refractivity contribution in [3.63, 3.8) is 0 Å². The van der Waals surface area contributed by atoms with E-state index in [9.17, 15) is 9.90 Å². The van der Waals surface area contributed by atoms with E-state index in [1.807, 2.05) is 13.8 Å². The van der Waals surface area contributed by atoms with E-state index in [4.69, 9.17) is 5.73 Å². The minimum absolute atomic E-state index is 0.135. The molecule has 0 aliphatic carbocycles. The minimum atomic E-state index is -0.498. The van der Waals surface area contributed by atoms with Gasteiger partial charge in [-0.25, -0.2) is 0 Å². The first-order valence-electron chi connectivity index (χ1n) is 5.74. The molecule has 0 fully saturated rings. The fourth-order valence-electron chi connectivity index (χ4n) is 1.69. The summed E-state index contributed by atoms with van der Waals surface area (Å²) in [6.07, 6.45) is 0.655. The standard InChI is InChI=1S/C13H20N2O2/c1-9(2)7-12(14)13(17)15(3)10-5-4-6-11(16)8-10/h4-6,8-9,12,16H,7,14H2,1-3H3/t12-/m1/s1. The zero-order chi connectivity index (χ0) is 13.0. The maximum Gasteiger partial charge on any atom is 0.243 e. The van der Waals surface area contributed by atoms with Crippen LogP contribution in [0.2, 0.25) is 0 Å². The molecule has 0 unspecified atom stereocenters. The highest BCUT2D eigenvalue weighted by molar-refractivity contribution is 5.96. The number of amides is 1. The lowest BCUT2D eigenvalue weighted by atomic mass is 10.0. The Hall–Kier alpha value is -1.55. The lowest BCUT2D eigenvalue weighted by Gasteiger charge is -2.22. The maximum atomic E-state index is 12.0. The van der Waals surface area contributed by atoms with Gasteiger partial charge in [0, 0.05) is 18.8 Å². The molecule has 0 saturated heterocycles. The first-order valence-corrected chi connectivity index (χ1v) is 5.74. The number of carbonyl (C=O) groups excluding carboxylic acids is 1. The molecule has 1 amide bonds. The molecule has 0 heterocycles. The number of nitrogens with zero attached hydrogens (tertiary/aromatic N) is 1. The van der Waals surface area contributed by atoms with Gasteiger partial charge in [-0.2, -0.15) is 0 Å².